The molecule has 3 heteroatoms. The van der Waals surface area contributed by atoms with Crippen LogP contribution in [0.4, 0.5) is 5.82 Å². The highest BCUT2D eigenvalue weighted by molar-refractivity contribution is 5.60. The van der Waals surface area contributed by atoms with Crippen molar-refractivity contribution in [3.05, 3.63) is 23.9 Å². The highest BCUT2D eigenvalue weighted by Gasteiger charge is 1.92. The number of pyridine rings is 1. The van der Waals surface area contributed by atoms with Gasteiger partial charge in [0, 0.05) is 20.3 Å². The van der Waals surface area contributed by atoms with Crippen molar-refractivity contribution in [3.8, 4) is 0 Å². The van der Waals surface area contributed by atoms with Crippen LogP contribution in [0.25, 0.3) is 0 Å². The quantitative estimate of drug-likeness (QED) is 0.489. The zero-order valence-corrected chi connectivity index (χ0v) is 7.65. The van der Waals surface area contributed by atoms with Gasteiger partial charge in [-0.25, -0.2) is 9.98 Å². The van der Waals surface area contributed by atoms with E-state index < -0.39 is 0 Å². The van der Waals surface area contributed by atoms with Crippen LogP contribution < -0.4 is 0 Å². The van der Waals surface area contributed by atoms with Crippen molar-refractivity contribution in [2.75, 3.05) is 14.1 Å². The zero-order valence-electron chi connectivity index (χ0n) is 7.65. The molecule has 0 amide bonds. The van der Waals surface area contributed by atoms with Gasteiger partial charge in [0.25, 0.3) is 0 Å². The molecule has 0 fully saturated rings. The highest BCUT2D eigenvalue weighted by atomic mass is 15.1. The number of aryl methyl sites for hydroxylation is 1. The summed E-state index contributed by atoms with van der Waals surface area (Å²) >= 11 is 0. The molecule has 1 aromatic rings. The summed E-state index contributed by atoms with van der Waals surface area (Å²) in [6.45, 7) is 2.00. The molecule has 3 nitrogen and oxygen atoms in total. The van der Waals surface area contributed by atoms with Gasteiger partial charge in [0.15, 0.2) is 5.82 Å². The van der Waals surface area contributed by atoms with E-state index in [0.717, 1.165) is 11.4 Å². The first-order valence-corrected chi connectivity index (χ1v) is 3.82. The summed E-state index contributed by atoms with van der Waals surface area (Å²) in [7, 11) is 3.86. The molecule has 0 spiro atoms. The van der Waals surface area contributed by atoms with E-state index in [1.54, 1.807) is 12.5 Å². The maximum absolute atomic E-state index is 4.20. The van der Waals surface area contributed by atoms with Gasteiger partial charge in [-0.1, -0.05) is 6.07 Å². The topological polar surface area (TPSA) is 28.5 Å². The molecule has 1 rings (SSSR count). The van der Waals surface area contributed by atoms with E-state index >= 15 is 0 Å². The van der Waals surface area contributed by atoms with Gasteiger partial charge in [-0.3, -0.25) is 0 Å². The first-order valence-electron chi connectivity index (χ1n) is 3.82. The lowest BCUT2D eigenvalue weighted by Gasteiger charge is -2.02. The molecule has 0 aliphatic carbocycles. The summed E-state index contributed by atoms with van der Waals surface area (Å²) in [5, 5.41) is 0. The van der Waals surface area contributed by atoms with Gasteiger partial charge < -0.3 is 4.90 Å². The Balaban J connectivity index is 2.82. The summed E-state index contributed by atoms with van der Waals surface area (Å²) < 4.78 is 0. The Hall–Kier alpha value is -1.38. The molecule has 0 bridgehead atoms. The van der Waals surface area contributed by atoms with E-state index in [2.05, 4.69) is 9.98 Å². The predicted octanol–water partition coefficient (Wildman–Crippen LogP) is 1.61. The third-order valence-electron chi connectivity index (χ3n) is 1.39. The maximum atomic E-state index is 4.20. The average Bonchev–Trinajstić information content (AvgIpc) is 2.03. The Morgan fingerprint density at radius 2 is 2.25 bits per heavy atom. The standard InChI is InChI=1S/C9H13N3/c1-8-5-4-6-10-9(8)11-7-12(2)3/h4-7H,1-3H3/b11-7-. The minimum Gasteiger partial charge on any atom is -0.369 e. The van der Waals surface area contributed by atoms with Gasteiger partial charge in [-0.2, -0.15) is 0 Å². The minimum absolute atomic E-state index is 0.784. The van der Waals surface area contributed by atoms with E-state index in [-0.39, 0.29) is 0 Å². The van der Waals surface area contributed by atoms with Crippen LogP contribution in [0, 0.1) is 6.92 Å². The Labute approximate surface area is 72.8 Å². The van der Waals surface area contributed by atoms with E-state index in [9.17, 15) is 0 Å². The molecule has 0 aliphatic rings. The maximum Gasteiger partial charge on any atom is 0.156 e. The molecule has 0 aliphatic heterocycles. The minimum atomic E-state index is 0.784. The number of aromatic nitrogens is 1. The molecule has 1 aromatic heterocycles. The van der Waals surface area contributed by atoms with Crippen molar-refractivity contribution in [1.82, 2.24) is 9.88 Å². The number of hydrogen-bond donors (Lipinski definition) is 0. The molecule has 64 valence electrons. The summed E-state index contributed by atoms with van der Waals surface area (Å²) in [5.41, 5.74) is 1.09. The molecule has 0 N–H and O–H groups in total. The molecule has 0 radical (unpaired) electrons. The van der Waals surface area contributed by atoms with Gasteiger partial charge in [0.05, 0.1) is 6.34 Å². The molecule has 0 unspecified atom stereocenters. The predicted molar refractivity (Wildman–Crippen MR) is 50.8 cm³/mol. The third kappa shape index (κ3) is 2.34. The van der Waals surface area contributed by atoms with Crippen LogP contribution >= 0.6 is 0 Å². The first-order chi connectivity index (χ1) is 5.70. The van der Waals surface area contributed by atoms with E-state index in [0.29, 0.717) is 0 Å². The zero-order chi connectivity index (χ0) is 8.97. The van der Waals surface area contributed by atoms with Crippen molar-refractivity contribution in [2.45, 2.75) is 6.92 Å². The Morgan fingerprint density at radius 3 is 2.83 bits per heavy atom. The number of aliphatic imine (C=N–C) groups is 1. The summed E-state index contributed by atoms with van der Waals surface area (Å²) in [4.78, 5) is 10.2. The van der Waals surface area contributed by atoms with Crippen LogP contribution in [0.1, 0.15) is 5.56 Å². The van der Waals surface area contributed by atoms with E-state index in [1.165, 1.54) is 0 Å². The van der Waals surface area contributed by atoms with Gasteiger partial charge in [-0.05, 0) is 18.6 Å². The smallest absolute Gasteiger partial charge is 0.156 e. The lowest BCUT2D eigenvalue weighted by Crippen LogP contribution is -2.07. The molecule has 1 heterocycles. The van der Waals surface area contributed by atoms with Crippen molar-refractivity contribution in [1.29, 1.82) is 0 Å². The van der Waals surface area contributed by atoms with Crippen molar-refractivity contribution in [3.63, 3.8) is 0 Å². The molecule has 0 atom stereocenters. The summed E-state index contributed by atoms with van der Waals surface area (Å²) in [5.74, 6) is 0.784. The van der Waals surface area contributed by atoms with Gasteiger partial charge in [-0.15, -0.1) is 0 Å². The highest BCUT2D eigenvalue weighted by Crippen LogP contribution is 2.11. The Morgan fingerprint density at radius 1 is 1.50 bits per heavy atom. The summed E-state index contributed by atoms with van der Waals surface area (Å²) in [6.07, 6.45) is 3.49. The second-order valence-electron chi connectivity index (χ2n) is 2.85. The lowest BCUT2D eigenvalue weighted by molar-refractivity contribution is 0.643. The fraction of sp³-hybridized carbons (Fsp3) is 0.333. The van der Waals surface area contributed by atoms with Gasteiger partial charge in [0.1, 0.15) is 0 Å². The van der Waals surface area contributed by atoms with Gasteiger partial charge in [0.2, 0.25) is 0 Å². The lowest BCUT2D eigenvalue weighted by atomic mass is 10.3. The van der Waals surface area contributed by atoms with Crippen LogP contribution in [0.3, 0.4) is 0 Å². The van der Waals surface area contributed by atoms with Crippen molar-refractivity contribution in [2.24, 2.45) is 4.99 Å². The monoisotopic (exact) mass is 163 g/mol. The Bertz CT molecular complexity index is 279. The SMILES string of the molecule is Cc1cccnc1/N=C\N(C)C. The number of nitrogens with zero attached hydrogens (tertiary/aromatic N) is 3. The number of rotatable bonds is 2. The fourth-order valence-corrected chi connectivity index (χ4v) is 0.783. The second-order valence-corrected chi connectivity index (χ2v) is 2.85. The Kier molecular flexibility index (Phi) is 2.80. The van der Waals surface area contributed by atoms with Crippen LogP contribution in [0.15, 0.2) is 23.3 Å². The molecular formula is C9H13N3. The number of hydrogen-bond acceptors (Lipinski definition) is 2. The van der Waals surface area contributed by atoms with E-state index in [4.69, 9.17) is 0 Å². The van der Waals surface area contributed by atoms with Crippen LogP contribution in [-0.2, 0) is 0 Å². The van der Waals surface area contributed by atoms with Crippen LogP contribution in [-0.4, -0.2) is 30.3 Å². The van der Waals surface area contributed by atoms with Crippen LogP contribution in [0.5, 0.6) is 0 Å². The molecular weight excluding hydrogens is 150 g/mol. The molecule has 12 heavy (non-hydrogen) atoms. The fourth-order valence-electron chi connectivity index (χ4n) is 0.783. The first kappa shape index (κ1) is 8.71. The molecule has 0 aromatic carbocycles. The van der Waals surface area contributed by atoms with E-state index in [1.807, 2.05) is 38.1 Å². The normalized spacial score (nSPS) is 10.6. The van der Waals surface area contributed by atoms with Gasteiger partial charge >= 0.3 is 0 Å². The summed E-state index contributed by atoms with van der Waals surface area (Å²) in [6, 6.07) is 3.90. The molecule has 0 saturated heterocycles. The average molecular weight is 163 g/mol. The van der Waals surface area contributed by atoms with Crippen LogP contribution in [0.2, 0.25) is 0 Å². The van der Waals surface area contributed by atoms with Crippen molar-refractivity contribution < 1.29 is 0 Å². The second kappa shape index (κ2) is 3.85. The largest absolute Gasteiger partial charge is 0.369 e. The molecule has 0 saturated carbocycles. The third-order valence-corrected chi connectivity index (χ3v) is 1.39. The van der Waals surface area contributed by atoms with Crippen molar-refractivity contribution >= 4 is 12.2 Å².